The van der Waals surface area contributed by atoms with Crippen LogP contribution in [0.15, 0.2) is 36.8 Å². The minimum atomic E-state index is -0.197. The Balaban J connectivity index is 1.16. The van der Waals surface area contributed by atoms with Crippen LogP contribution in [-0.2, 0) is 23.3 Å². The third-order valence-corrected chi connectivity index (χ3v) is 7.06. The van der Waals surface area contributed by atoms with E-state index in [2.05, 4.69) is 62.4 Å². The lowest BCUT2D eigenvalue weighted by molar-refractivity contribution is 0.0801. The van der Waals surface area contributed by atoms with Crippen LogP contribution in [0.25, 0.3) is 10.9 Å². The van der Waals surface area contributed by atoms with Gasteiger partial charge in [-0.05, 0) is 25.0 Å². The van der Waals surface area contributed by atoms with Gasteiger partial charge in [0, 0.05) is 48.4 Å². The SMILES string of the molecule is CC(C)(C)c1cnc(C(=O)N[C@H]2CCCN(c3nccc4[nH]c(Nc5cc6n(n5)CCOC6)cc34)C2)cn1. The second kappa shape index (κ2) is 9.71. The van der Waals surface area contributed by atoms with Crippen molar-refractivity contribution in [3.05, 3.63) is 53.9 Å². The van der Waals surface area contributed by atoms with Crippen molar-refractivity contribution in [3.63, 3.8) is 0 Å². The summed E-state index contributed by atoms with van der Waals surface area (Å²) in [7, 11) is 0. The normalized spacial score (nSPS) is 17.9. The number of piperidine rings is 1. The monoisotopic (exact) mass is 515 g/mol. The second-order valence-corrected chi connectivity index (χ2v) is 11.0. The van der Waals surface area contributed by atoms with Gasteiger partial charge in [-0.2, -0.15) is 5.10 Å². The number of fused-ring (bicyclic) bond motifs is 2. The summed E-state index contributed by atoms with van der Waals surface area (Å²) >= 11 is 0. The highest BCUT2D eigenvalue weighted by atomic mass is 16.5. The Morgan fingerprint density at radius 2 is 2.05 bits per heavy atom. The lowest BCUT2D eigenvalue weighted by Gasteiger charge is -2.34. The molecule has 0 aliphatic carbocycles. The average Bonchev–Trinajstić information content (AvgIpc) is 3.51. The molecule has 38 heavy (non-hydrogen) atoms. The van der Waals surface area contributed by atoms with E-state index in [0.29, 0.717) is 25.5 Å². The lowest BCUT2D eigenvalue weighted by atomic mass is 9.93. The Hall–Kier alpha value is -3.99. The molecule has 1 amide bonds. The predicted octanol–water partition coefficient (Wildman–Crippen LogP) is 3.52. The number of rotatable bonds is 5. The highest BCUT2D eigenvalue weighted by molar-refractivity contribution is 5.94. The maximum absolute atomic E-state index is 12.9. The van der Waals surface area contributed by atoms with Gasteiger partial charge in [0.15, 0.2) is 5.82 Å². The maximum Gasteiger partial charge on any atom is 0.271 e. The maximum atomic E-state index is 12.9. The zero-order valence-electron chi connectivity index (χ0n) is 22.0. The minimum absolute atomic E-state index is 0.00646. The first-order valence-electron chi connectivity index (χ1n) is 13.1. The van der Waals surface area contributed by atoms with Gasteiger partial charge in [-0.25, -0.2) is 9.97 Å². The van der Waals surface area contributed by atoms with Gasteiger partial charge in [-0.1, -0.05) is 20.8 Å². The number of pyridine rings is 1. The third kappa shape index (κ3) is 4.93. The number of aromatic amines is 1. The van der Waals surface area contributed by atoms with Crippen LogP contribution in [0.4, 0.5) is 17.5 Å². The topological polar surface area (TPSA) is 126 Å². The summed E-state index contributed by atoms with van der Waals surface area (Å²) in [5.74, 6) is 2.34. The largest absolute Gasteiger partial charge is 0.373 e. The first-order valence-corrected chi connectivity index (χ1v) is 13.1. The summed E-state index contributed by atoms with van der Waals surface area (Å²) in [5, 5.41) is 12.2. The number of aromatic nitrogens is 6. The van der Waals surface area contributed by atoms with E-state index in [1.807, 2.05) is 23.0 Å². The van der Waals surface area contributed by atoms with Crippen molar-refractivity contribution in [2.75, 3.05) is 29.9 Å². The molecule has 1 saturated heterocycles. The molecule has 2 aliphatic rings. The molecule has 3 N–H and O–H groups in total. The van der Waals surface area contributed by atoms with Crippen molar-refractivity contribution < 1.29 is 9.53 Å². The average molecular weight is 516 g/mol. The van der Waals surface area contributed by atoms with Gasteiger partial charge in [0.1, 0.15) is 17.3 Å². The number of nitrogens with one attached hydrogen (secondary N) is 3. The number of hydrogen-bond acceptors (Lipinski definition) is 8. The number of ether oxygens (including phenoxy) is 1. The van der Waals surface area contributed by atoms with Gasteiger partial charge in [0.2, 0.25) is 0 Å². The molecular weight excluding hydrogens is 482 g/mol. The van der Waals surface area contributed by atoms with Crippen molar-refractivity contribution in [2.45, 2.75) is 58.2 Å². The highest BCUT2D eigenvalue weighted by Crippen LogP contribution is 2.30. The Morgan fingerprint density at radius 3 is 2.84 bits per heavy atom. The highest BCUT2D eigenvalue weighted by Gasteiger charge is 2.25. The zero-order valence-corrected chi connectivity index (χ0v) is 22.0. The molecule has 2 aliphatic heterocycles. The lowest BCUT2D eigenvalue weighted by Crippen LogP contribution is -2.48. The smallest absolute Gasteiger partial charge is 0.271 e. The van der Waals surface area contributed by atoms with Crippen LogP contribution in [0, 0.1) is 0 Å². The Morgan fingerprint density at radius 1 is 1.16 bits per heavy atom. The molecule has 0 radical (unpaired) electrons. The second-order valence-electron chi connectivity index (χ2n) is 11.0. The summed E-state index contributed by atoms with van der Waals surface area (Å²) in [4.78, 5) is 32.1. The molecule has 1 fully saturated rings. The molecule has 1 atom stereocenters. The van der Waals surface area contributed by atoms with E-state index >= 15 is 0 Å². The van der Waals surface area contributed by atoms with Crippen LogP contribution >= 0.6 is 0 Å². The number of nitrogens with zero attached hydrogens (tertiary/aromatic N) is 6. The number of H-pyrrole nitrogens is 1. The van der Waals surface area contributed by atoms with E-state index in [1.165, 1.54) is 0 Å². The van der Waals surface area contributed by atoms with E-state index < -0.39 is 0 Å². The van der Waals surface area contributed by atoms with Crippen LogP contribution in [-0.4, -0.2) is 61.4 Å². The molecule has 11 nitrogen and oxygen atoms in total. The van der Waals surface area contributed by atoms with Crippen LogP contribution in [0.5, 0.6) is 0 Å². The van der Waals surface area contributed by atoms with E-state index in [-0.39, 0.29) is 17.4 Å². The molecule has 0 bridgehead atoms. The molecule has 0 spiro atoms. The van der Waals surface area contributed by atoms with Crippen molar-refractivity contribution in [1.82, 2.24) is 35.0 Å². The van der Waals surface area contributed by atoms with E-state index in [4.69, 9.17) is 9.72 Å². The summed E-state index contributed by atoms with van der Waals surface area (Å²) in [6.07, 6.45) is 6.93. The first kappa shape index (κ1) is 24.4. The third-order valence-electron chi connectivity index (χ3n) is 7.06. The van der Waals surface area contributed by atoms with E-state index in [0.717, 1.165) is 65.7 Å². The number of hydrogen-bond donors (Lipinski definition) is 3. The first-order chi connectivity index (χ1) is 18.3. The number of anilines is 3. The summed E-state index contributed by atoms with van der Waals surface area (Å²) < 4.78 is 7.50. The Bertz CT molecular complexity index is 1430. The number of amides is 1. The standard InChI is InChI=1S/C27H33N9O2/c1-27(2,3)22-14-29-21(13-30-22)26(37)31-17-5-4-8-35(15-17)25-19-12-23(32-20(19)6-7-28-25)33-24-11-18-16-38-10-9-36(18)34-24/h6-7,11-14,17,32H,4-5,8-10,15-16H2,1-3H3,(H,31,37)(H,33,34)/t17-/m0/s1. The van der Waals surface area contributed by atoms with Gasteiger partial charge in [0.25, 0.3) is 5.91 Å². The van der Waals surface area contributed by atoms with Crippen molar-refractivity contribution in [1.29, 1.82) is 0 Å². The quantitative estimate of drug-likeness (QED) is 0.369. The molecule has 198 valence electrons. The van der Waals surface area contributed by atoms with Crippen molar-refractivity contribution >= 4 is 34.3 Å². The predicted molar refractivity (Wildman–Crippen MR) is 145 cm³/mol. The Labute approximate surface area is 221 Å². The Kier molecular flexibility index (Phi) is 6.22. The molecule has 6 rings (SSSR count). The minimum Gasteiger partial charge on any atom is -0.373 e. The summed E-state index contributed by atoms with van der Waals surface area (Å²) in [5.41, 5.74) is 3.14. The fraction of sp³-hybridized carbons (Fsp3) is 0.444. The van der Waals surface area contributed by atoms with Crippen LogP contribution < -0.4 is 15.5 Å². The fourth-order valence-electron chi connectivity index (χ4n) is 5.03. The summed E-state index contributed by atoms with van der Waals surface area (Å²) in [6, 6.07) is 6.05. The number of carbonyl (C=O) groups excluding carboxylic acids is 1. The van der Waals surface area contributed by atoms with E-state index in [1.54, 1.807) is 12.4 Å². The molecular formula is C27H33N9O2. The van der Waals surface area contributed by atoms with E-state index in [9.17, 15) is 4.79 Å². The molecule has 6 heterocycles. The van der Waals surface area contributed by atoms with Gasteiger partial charge >= 0.3 is 0 Å². The van der Waals surface area contributed by atoms with Crippen molar-refractivity contribution in [3.8, 4) is 0 Å². The van der Waals surface area contributed by atoms with Crippen LogP contribution in [0.2, 0.25) is 0 Å². The van der Waals surface area contributed by atoms with Gasteiger partial charge in [-0.15, -0.1) is 0 Å². The summed E-state index contributed by atoms with van der Waals surface area (Å²) in [6.45, 7) is 9.80. The molecule has 0 saturated carbocycles. The molecule has 0 unspecified atom stereocenters. The molecule has 4 aromatic rings. The van der Waals surface area contributed by atoms with Crippen LogP contribution in [0.1, 0.15) is 55.5 Å². The fourth-order valence-corrected chi connectivity index (χ4v) is 5.03. The molecule has 11 heteroatoms. The zero-order chi connectivity index (χ0) is 26.3. The molecule has 0 aromatic carbocycles. The van der Waals surface area contributed by atoms with Gasteiger partial charge < -0.3 is 25.3 Å². The van der Waals surface area contributed by atoms with Gasteiger partial charge in [0.05, 0.1) is 42.9 Å². The van der Waals surface area contributed by atoms with Crippen molar-refractivity contribution in [2.24, 2.45) is 0 Å². The van der Waals surface area contributed by atoms with Gasteiger partial charge in [-0.3, -0.25) is 14.5 Å². The molecule has 4 aromatic heterocycles. The van der Waals surface area contributed by atoms with Crippen LogP contribution in [0.3, 0.4) is 0 Å². The number of carbonyl (C=O) groups is 1.